The highest BCUT2D eigenvalue weighted by Crippen LogP contribution is 2.41. The van der Waals surface area contributed by atoms with Gasteiger partial charge in [0.2, 0.25) is 0 Å². The Morgan fingerprint density at radius 2 is 1.68 bits per heavy atom. The molecule has 1 saturated heterocycles. The number of carbonyl (C=O) groups is 2. The molecule has 0 spiro atoms. The van der Waals surface area contributed by atoms with Gasteiger partial charge < -0.3 is 25.5 Å². The van der Waals surface area contributed by atoms with E-state index in [9.17, 15) is 14.7 Å². The Balaban J connectivity index is 1.33. The van der Waals surface area contributed by atoms with E-state index >= 15 is 0 Å². The minimum atomic E-state index is -0.795. The molecule has 1 aliphatic carbocycles. The van der Waals surface area contributed by atoms with Crippen molar-refractivity contribution in [1.29, 1.82) is 0 Å². The summed E-state index contributed by atoms with van der Waals surface area (Å²) in [7, 11) is 0. The highest BCUT2D eigenvalue weighted by molar-refractivity contribution is 5.74. The zero-order valence-electron chi connectivity index (χ0n) is 22.9. The van der Waals surface area contributed by atoms with Crippen LogP contribution in [-0.2, 0) is 11.3 Å². The molecule has 0 aromatic heterocycles. The standard InChI is InChI=1S/C31H44N4O3/c1-3-16-35(31(38)32-21-24-10-6-4-7-11-24)28-14-17-34(18-15-28)22-26-19-27(33-23(2)30(36)37)20-29(26)25-12-8-5-9-13-25/h4-13,23,26-29,33H,3,14-22H2,1-2H3,(H,32,38)(H,36,37). The average molecular weight is 521 g/mol. The third kappa shape index (κ3) is 7.58. The van der Waals surface area contributed by atoms with Crippen LogP contribution in [0.3, 0.4) is 0 Å². The van der Waals surface area contributed by atoms with E-state index < -0.39 is 12.0 Å². The number of hydrogen-bond donors (Lipinski definition) is 3. The van der Waals surface area contributed by atoms with Crippen LogP contribution in [0.25, 0.3) is 0 Å². The molecule has 7 nitrogen and oxygen atoms in total. The molecule has 1 aliphatic heterocycles. The second kappa shape index (κ2) is 13.8. The number of amides is 2. The van der Waals surface area contributed by atoms with Gasteiger partial charge in [-0.2, -0.15) is 0 Å². The second-order valence-electron chi connectivity index (χ2n) is 11.0. The van der Waals surface area contributed by atoms with E-state index in [1.807, 2.05) is 30.3 Å². The minimum Gasteiger partial charge on any atom is -0.480 e. The van der Waals surface area contributed by atoms with Crippen molar-refractivity contribution in [2.24, 2.45) is 5.92 Å². The van der Waals surface area contributed by atoms with Crippen molar-refractivity contribution in [3.63, 3.8) is 0 Å². The van der Waals surface area contributed by atoms with E-state index in [1.165, 1.54) is 5.56 Å². The largest absolute Gasteiger partial charge is 0.480 e. The Bertz CT molecular complexity index is 1010. The van der Waals surface area contributed by atoms with Gasteiger partial charge >= 0.3 is 12.0 Å². The molecule has 2 aliphatic rings. The van der Waals surface area contributed by atoms with Crippen LogP contribution >= 0.6 is 0 Å². The quantitative estimate of drug-likeness (QED) is 0.400. The van der Waals surface area contributed by atoms with Crippen LogP contribution in [0.15, 0.2) is 60.7 Å². The maximum atomic E-state index is 13.1. The molecule has 2 amide bonds. The van der Waals surface area contributed by atoms with Crippen LogP contribution in [0.2, 0.25) is 0 Å². The van der Waals surface area contributed by atoms with Gasteiger partial charge in [0, 0.05) is 44.8 Å². The highest BCUT2D eigenvalue weighted by atomic mass is 16.4. The lowest BCUT2D eigenvalue weighted by Crippen LogP contribution is -2.51. The van der Waals surface area contributed by atoms with Crippen molar-refractivity contribution in [2.75, 3.05) is 26.2 Å². The third-order valence-electron chi connectivity index (χ3n) is 8.28. The number of benzene rings is 2. The van der Waals surface area contributed by atoms with Crippen molar-refractivity contribution in [2.45, 2.75) is 76.5 Å². The van der Waals surface area contributed by atoms with Crippen molar-refractivity contribution in [3.8, 4) is 0 Å². The minimum absolute atomic E-state index is 0.0376. The number of nitrogens with one attached hydrogen (secondary N) is 2. The fourth-order valence-electron chi connectivity index (χ4n) is 6.31. The SMILES string of the molecule is CCCN(C(=O)NCc1ccccc1)C1CCN(CC2CC(NC(C)C(=O)O)CC2c2ccccc2)CC1. The molecule has 1 saturated carbocycles. The van der Waals surface area contributed by atoms with Crippen LogP contribution in [-0.4, -0.2) is 71.2 Å². The van der Waals surface area contributed by atoms with Gasteiger partial charge in [-0.25, -0.2) is 4.79 Å². The third-order valence-corrected chi connectivity index (χ3v) is 8.28. The molecule has 2 aromatic carbocycles. The summed E-state index contributed by atoms with van der Waals surface area (Å²) in [4.78, 5) is 29.1. The number of urea groups is 1. The lowest BCUT2D eigenvalue weighted by Gasteiger charge is -2.39. The van der Waals surface area contributed by atoms with E-state index in [0.29, 0.717) is 18.4 Å². The van der Waals surface area contributed by atoms with Gasteiger partial charge in [-0.3, -0.25) is 4.79 Å². The van der Waals surface area contributed by atoms with Crippen LogP contribution < -0.4 is 10.6 Å². The Hall–Kier alpha value is -2.90. The maximum Gasteiger partial charge on any atom is 0.320 e. The monoisotopic (exact) mass is 520 g/mol. The summed E-state index contributed by atoms with van der Waals surface area (Å²) in [5, 5.41) is 15.9. The second-order valence-corrected chi connectivity index (χ2v) is 11.0. The fraction of sp³-hybridized carbons (Fsp3) is 0.548. The Labute approximate surface area is 227 Å². The van der Waals surface area contributed by atoms with E-state index in [2.05, 4.69) is 57.7 Å². The summed E-state index contributed by atoms with van der Waals surface area (Å²) in [6.07, 6.45) is 4.87. The fourth-order valence-corrected chi connectivity index (χ4v) is 6.31. The van der Waals surface area contributed by atoms with E-state index in [4.69, 9.17) is 0 Å². The number of likely N-dealkylation sites (tertiary alicyclic amines) is 1. The molecule has 206 valence electrons. The average Bonchev–Trinajstić information content (AvgIpc) is 3.33. The number of aliphatic carboxylic acids is 1. The van der Waals surface area contributed by atoms with Gasteiger partial charge in [0.25, 0.3) is 0 Å². The molecule has 2 fully saturated rings. The summed E-state index contributed by atoms with van der Waals surface area (Å²) >= 11 is 0. The predicted molar refractivity (Wildman–Crippen MR) is 151 cm³/mol. The first-order valence-electron chi connectivity index (χ1n) is 14.3. The van der Waals surface area contributed by atoms with Gasteiger partial charge in [0.15, 0.2) is 0 Å². The normalized spacial score (nSPS) is 23.2. The van der Waals surface area contributed by atoms with Crippen LogP contribution in [0.4, 0.5) is 4.79 Å². The van der Waals surface area contributed by atoms with Crippen molar-refractivity contribution < 1.29 is 14.7 Å². The first-order valence-corrected chi connectivity index (χ1v) is 14.3. The number of carboxylic acid groups (broad SMARTS) is 1. The summed E-state index contributed by atoms with van der Waals surface area (Å²) in [5.41, 5.74) is 2.46. The molecule has 4 atom stereocenters. The topological polar surface area (TPSA) is 84.9 Å². The maximum absolute atomic E-state index is 13.1. The molecule has 3 N–H and O–H groups in total. The lowest BCUT2D eigenvalue weighted by molar-refractivity contribution is -0.139. The van der Waals surface area contributed by atoms with Crippen molar-refractivity contribution in [1.82, 2.24) is 20.4 Å². The van der Waals surface area contributed by atoms with Gasteiger partial charge in [0.1, 0.15) is 6.04 Å². The molecule has 38 heavy (non-hydrogen) atoms. The van der Waals surface area contributed by atoms with Crippen LogP contribution in [0.1, 0.15) is 63.0 Å². The molecule has 1 heterocycles. The number of piperidine rings is 1. The summed E-state index contributed by atoms with van der Waals surface area (Å²) in [6, 6.07) is 20.7. The number of carbonyl (C=O) groups excluding carboxylic acids is 1. The summed E-state index contributed by atoms with van der Waals surface area (Å²) in [5.74, 6) is 0.109. The van der Waals surface area contributed by atoms with Crippen LogP contribution in [0.5, 0.6) is 0 Å². The molecule has 7 heteroatoms. The zero-order chi connectivity index (χ0) is 26.9. The van der Waals surface area contributed by atoms with Crippen molar-refractivity contribution >= 4 is 12.0 Å². The van der Waals surface area contributed by atoms with Gasteiger partial charge in [-0.05, 0) is 62.0 Å². The van der Waals surface area contributed by atoms with Gasteiger partial charge in [0.05, 0.1) is 0 Å². The number of rotatable bonds is 11. The first kappa shape index (κ1) is 28.1. The number of nitrogens with zero attached hydrogens (tertiary/aromatic N) is 2. The Kier molecular flexibility index (Phi) is 10.2. The van der Waals surface area contributed by atoms with E-state index in [-0.39, 0.29) is 18.1 Å². The lowest BCUT2D eigenvalue weighted by atomic mass is 9.88. The first-order chi connectivity index (χ1) is 18.4. The van der Waals surface area contributed by atoms with E-state index in [1.54, 1.807) is 6.92 Å². The Morgan fingerprint density at radius 1 is 1.03 bits per heavy atom. The molecule has 2 aromatic rings. The Morgan fingerprint density at radius 3 is 2.32 bits per heavy atom. The predicted octanol–water partition coefficient (Wildman–Crippen LogP) is 4.70. The van der Waals surface area contributed by atoms with E-state index in [0.717, 1.165) is 63.8 Å². The molecule has 0 radical (unpaired) electrons. The molecular formula is C31H44N4O3. The summed E-state index contributed by atoms with van der Waals surface area (Å²) in [6.45, 7) is 8.18. The van der Waals surface area contributed by atoms with Gasteiger partial charge in [-0.1, -0.05) is 67.6 Å². The molecular weight excluding hydrogens is 476 g/mol. The van der Waals surface area contributed by atoms with Crippen molar-refractivity contribution in [3.05, 3.63) is 71.8 Å². The van der Waals surface area contributed by atoms with Crippen LogP contribution in [0, 0.1) is 5.92 Å². The number of hydrogen-bond acceptors (Lipinski definition) is 4. The zero-order valence-corrected chi connectivity index (χ0v) is 22.9. The highest BCUT2D eigenvalue weighted by Gasteiger charge is 2.38. The summed E-state index contributed by atoms with van der Waals surface area (Å²) < 4.78 is 0. The number of carboxylic acids is 1. The molecule has 0 bridgehead atoms. The molecule has 4 rings (SSSR count). The molecule has 4 unspecified atom stereocenters. The van der Waals surface area contributed by atoms with Gasteiger partial charge in [-0.15, -0.1) is 0 Å². The smallest absolute Gasteiger partial charge is 0.320 e.